The lowest BCUT2D eigenvalue weighted by Gasteiger charge is -2.34. The van der Waals surface area contributed by atoms with Gasteiger partial charge in [0.25, 0.3) is 0 Å². The van der Waals surface area contributed by atoms with Gasteiger partial charge in [-0.15, -0.1) is 0 Å². The van der Waals surface area contributed by atoms with E-state index in [1.807, 2.05) is 17.0 Å². The summed E-state index contributed by atoms with van der Waals surface area (Å²) in [6.45, 7) is 4.79. The molecule has 1 fully saturated rings. The Bertz CT molecular complexity index is 1050. The van der Waals surface area contributed by atoms with Gasteiger partial charge in [0.15, 0.2) is 0 Å². The van der Waals surface area contributed by atoms with Crippen LogP contribution in [0.1, 0.15) is 19.4 Å². The van der Waals surface area contributed by atoms with Crippen LogP contribution in [0.4, 0.5) is 5.95 Å². The van der Waals surface area contributed by atoms with E-state index in [1.165, 1.54) is 4.31 Å². The molecule has 1 aromatic heterocycles. The first-order chi connectivity index (χ1) is 14.7. The number of rotatable bonds is 7. The smallest absolute Gasteiger partial charge is 0.307 e. The van der Waals surface area contributed by atoms with Gasteiger partial charge in [0.1, 0.15) is 0 Å². The number of carboxylic acid groups (broad SMARTS) is 1. The van der Waals surface area contributed by atoms with Crippen LogP contribution in [-0.4, -0.2) is 65.7 Å². The fourth-order valence-corrected chi connectivity index (χ4v) is 5.33. The van der Waals surface area contributed by atoms with Gasteiger partial charge >= 0.3 is 5.97 Å². The highest BCUT2D eigenvalue weighted by Crippen LogP contribution is 2.22. The van der Waals surface area contributed by atoms with E-state index in [0.717, 1.165) is 11.1 Å². The highest BCUT2D eigenvalue weighted by Gasteiger charge is 2.34. The van der Waals surface area contributed by atoms with Crippen LogP contribution in [-0.2, 0) is 14.8 Å². The van der Waals surface area contributed by atoms with Gasteiger partial charge in [0, 0.05) is 44.1 Å². The number of anilines is 1. The van der Waals surface area contributed by atoms with Crippen LogP contribution in [0.15, 0.2) is 36.7 Å². The van der Waals surface area contributed by atoms with Gasteiger partial charge in [-0.2, -0.15) is 9.57 Å². The van der Waals surface area contributed by atoms with Crippen molar-refractivity contribution < 1.29 is 18.3 Å². The molecule has 0 amide bonds. The van der Waals surface area contributed by atoms with E-state index >= 15 is 0 Å². The molecule has 0 radical (unpaired) electrons. The molecule has 0 bridgehead atoms. The zero-order chi connectivity index (χ0) is 22.6. The minimum Gasteiger partial charge on any atom is -0.481 e. The summed E-state index contributed by atoms with van der Waals surface area (Å²) in [5.74, 6) is -2.17. The number of hydrogen-bond donors (Lipinski definition) is 1. The topological polar surface area (TPSA) is 127 Å². The second kappa shape index (κ2) is 9.41. The average molecular weight is 444 g/mol. The van der Waals surface area contributed by atoms with Gasteiger partial charge in [0.05, 0.1) is 23.3 Å². The van der Waals surface area contributed by atoms with Crippen molar-refractivity contribution in [1.82, 2.24) is 14.3 Å². The van der Waals surface area contributed by atoms with Gasteiger partial charge in [-0.05, 0) is 23.6 Å². The van der Waals surface area contributed by atoms with Crippen molar-refractivity contribution >= 4 is 21.9 Å². The second-order valence-electron chi connectivity index (χ2n) is 7.81. The lowest BCUT2D eigenvalue weighted by molar-refractivity contribution is -0.142. The highest BCUT2D eigenvalue weighted by atomic mass is 32.2. The third-order valence-corrected chi connectivity index (χ3v) is 7.34. The summed E-state index contributed by atoms with van der Waals surface area (Å²) in [5, 5.41) is 18.2. The molecule has 1 atom stereocenters. The molecule has 0 aliphatic carbocycles. The Labute approximate surface area is 182 Å². The maximum absolute atomic E-state index is 12.7. The number of aliphatic carboxylic acids is 1. The molecule has 0 spiro atoms. The number of benzene rings is 1. The Morgan fingerprint density at radius 2 is 1.68 bits per heavy atom. The molecule has 1 aliphatic rings. The van der Waals surface area contributed by atoms with E-state index in [-0.39, 0.29) is 19.0 Å². The standard InChI is InChI=1S/C21H25N5O4S/c1-15(2)19(20(27)28)14-31(29,30)26-9-7-25(8-10-26)21-23-12-18(13-24-21)17-5-3-16(11-22)4-6-17/h3-6,12-13,15,19H,7-10,14H2,1-2H3,(H,27,28). The molecule has 0 saturated carbocycles. The van der Waals surface area contributed by atoms with Crippen LogP contribution in [0.3, 0.4) is 0 Å². The average Bonchev–Trinajstić information content (AvgIpc) is 2.77. The molecule has 2 aromatic rings. The lowest BCUT2D eigenvalue weighted by Crippen LogP contribution is -2.50. The summed E-state index contributed by atoms with van der Waals surface area (Å²) in [6.07, 6.45) is 3.40. The van der Waals surface area contributed by atoms with Gasteiger partial charge in [-0.25, -0.2) is 18.4 Å². The van der Waals surface area contributed by atoms with Gasteiger partial charge in [0.2, 0.25) is 16.0 Å². The number of carbonyl (C=O) groups is 1. The zero-order valence-corrected chi connectivity index (χ0v) is 18.3. The zero-order valence-electron chi connectivity index (χ0n) is 17.5. The summed E-state index contributed by atoms with van der Waals surface area (Å²) in [7, 11) is -3.66. The van der Waals surface area contributed by atoms with E-state index in [9.17, 15) is 18.3 Å². The fourth-order valence-electron chi connectivity index (χ4n) is 3.42. The van der Waals surface area contributed by atoms with E-state index in [4.69, 9.17) is 5.26 Å². The molecule has 31 heavy (non-hydrogen) atoms. The number of sulfonamides is 1. The van der Waals surface area contributed by atoms with Crippen LogP contribution in [0.5, 0.6) is 0 Å². The Hall–Kier alpha value is -3.03. The van der Waals surface area contributed by atoms with Crippen LogP contribution in [0.25, 0.3) is 11.1 Å². The number of aromatic nitrogens is 2. The van der Waals surface area contributed by atoms with E-state index in [1.54, 1.807) is 38.4 Å². The lowest BCUT2D eigenvalue weighted by atomic mass is 9.98. The van der Waals surface area contributed by atoms with Crippen LogP contribution < -0.4 is 4.90 Å². The largest absolute Gasteiger partial charge is 0.481 e. The van der Waals surface area contributed by atoms with Crippen molar-refractivity contribution in [3.05, 3.63) is 42.2 Å². The molecule has 10 heteroatoms. The highest BCUT2D eigenvalue weighted by molar-refractivity contribution is 7.89. The fraction of sp³-hybridized carbons (Fsp3) is 0.429. The quantitative estimate of drug-likeness (QED) is 0.686. The summed E-state index contributed by atoms with van der Waals surface area (Å²) >= 11 is 0. The van der Waals surface area contributed by atoms with Crippen LogP contribution in [0, 0.1) is 23.2 Å². The number of nitrogens with zero attached hydrogens (tertiary/aromatic N) is 5. The minimum absolute atomic E-state index is 0.257. The number of hydrogen-bond acceptors (Lipinski definition) is 7. The van der Waals surface area contributed by atoms with Crippen molar-refractivity contribution in [3.8, 4) is 17.2 Å². The number of nitriles is 1. The Balaban J connectivity index is 1.62. The van der Waals surface area contributed by atoms with Crippen molar-refractivity contribution in [3.63, 3.8) is 0 Å². The Morgan fingerprint density at radius 3 is 2.16 bits per heavy atom. The SMILES string of the molecule is CC(C)C(CS(=O)(=O)N1CCN(c2ncc(-c3ccc(C#N)cc3)cn2)CC1)C(=O)O. The molecule has 1 N–H and O–H groups in total. The first-order valence-electron chi connectivity index (χ1n) is 9.99. The third-order valence-electron chi connectivity index (χ3n) is 5.41. The van der Waals surface area contributed by atoms with Gasteiger partial charge in [-0.3, -0.25) is 4.79 Å². The minimum atomic E-state index is -3.66. The summed E-state index contributed by atoms with van der Waals surface area (Å²) in [4.78, 5) is 22.1. The van der Waals surface area contributed by atoms with Crippen molar-refractivity contribution in [2.24, 2.45) is 11.8 Å². The first-order valence-corrected chi connectivity index (χ1v) is 11.6. The Morgan fingerprint density at radius 1 is 1.10 bits per heavy atom. The molecule has 2 heterocycles. The molecule has 1 unspecified atom stereocenters. The van der Waals surface area contributed by atoms with Crippen LogP contribution in [0.2, 0.25) is 0 Å². The van der Waals surface area contributed by atoms with Crippen LogP contribution >= 0.6 is 0 Å². The van der Waals surface area contributed by atoms with E-state index < -0.39 is 27.7 Å². The molecular weight excluding hydrogens is 418 g/mol. The summed E-state index contributed by atoms with van der Waals surface area (Å²) in [5.41, 5.74) is 2.31. The summed E-state index contributed by atoms with van der Waals surface area (Å²) < 4.78 is 26.7. The van der Waals surface area contributed by atoms with E-state index in [0.29, 0.717) is 24.6 Å². The summed E-state index contributed by atoms with van der Waals surface area (Å²) in [6, 6.07) is 9.22. The molecule has 1 saturated heterocycles. The third kappa shape index (κ3) is 5.37. The normalized spacial score (nSPS) is 16.1. The number of piperazine rings is 1. The van der Waals surface area contributed by atoms with Gasteiger partial charge in [-0.1, -0.05) is 26.0 Å². The second-order valence-corrected chi connectivity index (χ2v) is 9.83. The molecule has 1 aromatic carbocycles. The predicted molar refractivity (Wildman–Crippen MR) is 116 cm³/mol. The predicted octanol–water partition coefficient (Wildman–Crippen LogP) is 1.82. The van der Waals surface area contributed by atoms with Crippen molar-refractivity contribution in [1.29, 1.82) is 5.26 Å². The molecule has 1 aliphatic heterocycles. The first kappa shape index (κ1) is 22.7. The molecule has 3 rings (SSSR count). The Kier molecular flexibility index (Phi) is 6.87. The molecular formula is C21H25N5O4S. The number of carboxylic acids is 1. The maximum Gasteiger partial charge on any atom is 0.307 e. The molecule has 164 valence electrons. The van der Waals surface area contributed by atoms with Crippen molar-refractivity contribution in [2.45, 2.75) is 13.8 Å². The van der Waals surface area contributed by atoms with Crippen molar-refractivity contribution in [2.75, 3.05) is 36.8 Å². The maximum atomic E-state index is 12.7. The van der Waals surface area contributed by atoms with E-state index in [2.05, 4.69) is 16.0 Å². The van der Waals surface area contributed by atoms with Gasteiger partial charge < -0.3 is 10.0 Å². The molecule has 9 nitrogen and oxygen atoms in total. The monoisotopic (exact) mass is 443 g/mol.